The number of nitrogens with one attached hydrogen (secondary N) is 2. The van der Waals surface area contributed by atoms with Gasteiger partial charge in [0.2, 0.25) is 0 Å². The number of hydrazine groups is 1. The van der Waals surface area contributed by atoms with E-state index in [1.54, 1.807) is 6.07 Å². The number of hydrogen-bond acceptors (Lipinski definition) is 5. The molecule has 0 radical (unpaired) electrons. The molecule has 1 aromatic rings. The number of rotatable bonds is 5. The largest absolute Gasteiger partial charge is 0.348 e. The van der Waals surface area contributed by atoms with Crippen molar-refractivity contribution in [1.29, 1.82) is 0 Å². The summed E-state index contributed by atoms with van der Waals surface area (Å²) in [5.41, 5.74) is 4.04. The molecule has 0 spiro atoms. The van der Waals surface area contributed by atoms with E-state index in [2.05, 4.69) is 22.7 Å². The molecule has 1 aromatic heterocycles. The first-order chi connectivity index (χ1) is 9.22. The molecular weight excluding hydrogens is 260 g/mol. The summed E-state index contributed by atoms with van der Waals surface area (Å²) in [5, 5.41) is 3.06. The first-order valence-electron chi connectivity index (χ1n) is 6.59. The Morgan fingerprint density at radius 3 is 3.05 bits per heavy atom. The van der Waals surface area contributed by atoms with Crippen molar-refractivity contribution in [2.75, 3.05) is 16.9 Å². The van der Waals surface area contributed by atoms with Crippen LogP contribution in [0.1, 0.15) is 35.8 Å². The van der Waals surface area contributed by atoms with Gasteiger partial charge in [-0.05, 0) is 30.7 Å². The zero-order valence-electron chi connectivity index (χ0n) is 11.1. The number of aromatic nitrogens is 1. The lowest BCUT2D eigenvalue weighted by Crippen LogP contribution is -2.34. The normalized spacial score (nSPS) is 18.3. The van der Waals surface area contributed by atoms with E-state index >= 15 is 0 Å². The van der Waals surface area contributed by atoms with Gasteiger partial charge in [0.05, 0.1) is 0 Å². The van der Waals surface area contributed by atoms with Crippen LogP contribution < -0.4 is 16.6 Å². The van der Waals surface area contributed by atoms with Gasteiger partial charge < -0.3 is 10.7 Å². The number of nitrogens with zero attached hydrogens (tertiary/aromatic N) is 1. The Labute approximate surface area is 117 Å². The lowest BCUT2D eigenvalue weighted by Gasteiger charge is -2.13. The molecule has 104 valence electrons. The quantitative estimate of drug-likeness (QED) is 0.563. The highest BCUT2D eigenvalue weighted by atomic mass is 32.2. The van der Waals surface area contributed by atoms with Crippen LogP contribution in [0, 0.1) is 0 Å². The van der Waals surface area contributed by atoms with E-state index in [-0.39, 0.29) is 11.9 Å². The van der Waals surface area contributed by atoms with Crippen molar-refractivity contribution >= 4 is 23.5 Å². The molecule has 2 heterocycles. The minimum atomic E-state index is -0.0382. The maximum absolute atomic E-state index is 12.2. The van der Waals surface area contributed by atoms with E-state index in [9.17, 15) is 4.79 Å². The Bertz CT molecular complexity index is 446. The summed E-state index contributed by atoms with van der Waals surface area (Å²) >= 11 is 1.88. The number of carbonyl (C=O) groups is 1. The van der Waals surface area contributed by atoms with Gasteiger partial charge in [-0.1, -0.05) is 13.3 Å². The highest BCUT2D eigenvalue weighted by Crippen LogP contribution is 2.18. The van der Waals surface area contributed by atoms with E-state index in [4.69, 9.17) is 5.84 Å². The monoisotopic (exact) mass is 280 g/mol. The number of carbonyl (C=O) groups excluding carboxylic acids is 1. The molecule has 0 aliphatic carbocycles. The fourth-order valence-electron chi connectivity index (χ4n) is 2.09. The maximum Gasteiger partial charge on any atom is 0.251 e. The molecule has 0 saturated carbocycles. The van der Waals surface area contributed by atoms with E-state index in [1.807, 2.05) is 17.8 Å². The van der Waals surface area contributed by atoms with Crippen molar-refractivity contribution in [3.05, 3.63) is 23.4 Å². The number of amides is 1. The van der Waals surface area contributed by atoms with Gasteiger partial charge >= 0.3 is 0 Å². The van der Waals surface area contributed by atoms with Gasteiger partial charge in [0.1, 0.15) is 5.82 Å². The van der Waals surface area contributed by atoms with E-state index < -0.39 is 0 Å². The summed E-state index contributed by atoms with van der Waals surface area (Å²) in [6, 6.07) is 3.83. The minimum Gasteiger partial charge on any atom is -0.348 e. The average molecular weight is 280 g/mol. The van der Waals surface area contributed by atoms with Crippen LogP contribution in [0.3, 0.4) is 0 Å². The third-order valence-electron chi connectivity index (χ3n) is 3.06. The minimum absolute atomic E-state index is 0.0382. The Morgan fingerprint density at radius 2 is 2.42 bits per heavy atom. The molecule has 2 rings (SSSR count). The number of thioether (sulfide) groups is 1. The molecule has 19 heavy (non-hydrogen) atoms. The van der Waals surface area contributed by atoms with Crippen molar-refractivity contribution in [2.24, 2.45) is 5.84 Å². The van der Waals surface area contributed by atoms with Gasteiger partial charge in [-0.15, -0.1) is 0 Å². The molecule has 1 aliphatic rings. The third kappa shape index (κ3) is 3.84. The number of nitrogens with two attached hydrogens (primary N) is 1. The van der Waals surface area contributed by atoms with Crippen molar-refractivity contribution in [2.45, 2.75) is 32.2 Å². The van der Waals surface area contributed by atoms with Crippen LogP contribution in [0.4, 0.5) is 5.82 Å². The Morgan fingerprint density at radius 1 is 1.58 bits per heavy atom. The van der Waals surface area contributed by atoms with Gasteiger partial charge in [0.25, 0.3) is 5.91 Å². The number of aryl methyl sites for hydroxylation is 1. The Kier molecular flexibility index (Phi) is 5.04. The fraction of sp³-hybridized carbons (Fsp3) is 0.538. The van der Waals surface area contributed by atoms with Gasteiger partial charge in [-0.3, -0.25) is 4.79 Å². The van der Waals surface area contributed by atoms with Crippen molar-refractivity contribution < 1.29 is 4.79 Å². The second-order valence-corrected chi connectivity index (χ2v) is 5.81. The zero-order valence-corrected chi connectivity index (χ0v) is 11.9. The van der Waals surface area contributed by atoms with Crippen molar-refractivity contribution in [3.63, 3.8) is 0 Å². The van der Waals surface area contributed by atoms with E-state index in [1.165, 1.54) is 0 Å². The summed E-state index contributed by atoms with van der Waals surface area (Å²) in [7, 11) is 0. The molecule has 1 aliphatic heterocycles. The molecule has 1 amide bonds. The zero-order chi connectivity index (χ0) is 13.7. The Hall–Kier alpha value is -1.27. The number of pyridine rings is 1. The van der Waals surface area contributed by atoms with Crippen LogP contribution in [0.5, 0.6) is 0 Å². The third-order valence-corrected chi connectivity index (χ3v) is 4.22. The first kappa shape index (κ1) is 14.1. The van der Waals surface area contributed by atoms with Crippen LogP contribution in [-0.4, -0.2) is 28.4 Å². The van der Waals surface area contributed by atoms with Gasteiger partial charge in [0.15, 0.2) is 0 Å². The van der Waals surface area contributed by atoms with Gasteiger partial charge in [-0.2, -0.15) is 11.8 Å². The number of hydrogen-bond donors (Lipinski definition) is 3. The topological polar surface area (TPSA) is 80.0 Å². The number of anilines is 1. The summed E-state index contributed by atoms with van der Waals surface area (Å²) in [5.74, 6) is 8.02. The standard InChI is InChI=1S/C13H20N4OS/c1-2-3-10-6-9(7-12(15-10)17-14)13(18)16-11-4-5-19-8-11/h6-7,11H,2-5,8,14H2,1H3,(H,15,17)(H,16,18). The van der Waals surface area contributed by atoms with E-state index in [0.29, 0.717) is 11.4 Å². The molecular formula is C13H20N4OS. The lowest BCUT2D eigenvalue weighted by atomic mass is 10.1. The molecule has 6 heteroatoms. The highest BCUT2D eigenvalue weighted by Gasteiger charge is 2.19. The number of nitrogen functional groups attached to an aromatic ring is 1. The van der Waals surface area contributed by atoms with Crippen LogP contribution >= 0.6 is 11.8 Å². The first-order valence-corrected chi connectivity index (χ1v) is 7.74. The van der Waals surface area contributed by atoms with Crippen LogP contribution in [0.2, 0.25) is 0 Å². The molecule has 1 unspecified atom stereocenters. The highest BCUT2D eigenvalue weighted by molar-refractivity contribution is 7.99. The average Bonchev–Trinajstić information content (AvgIpc) is 2.91. The SMILES string of the molecule is CCCc1cc(C(=O)NC2CCSC2)cc(NN)n1. The second kappa shape index (κ2) is 6.77. The fourth-order valence-corrected chi connectivity index (χ4v) is 3.25. The second-order valence-electron chi connectivity index (χ2n) is 4.66. The molecule has 0 bridgehead atoms. The smallest absolute Gasteiger partial charge is 0.251 e. The molecule has 0 aromatic carbocycles. The molecule has 4 N–H and O–H groups in total. The van der Waals surface area contributed by atoms with Gasteiger partial charge in [0, 0.05) is 23.1 Å². The van der Waals surface area contributed by atoms with Crippen LogP contribution in [0.25, 0.3) is 0 Å². The van der Waals surface area contributed by atoms with Crippen LogP contribution in [0.15, 0.2) is 12.1 Å². The van der Waals surface area contributed by atoms with Crippen LogP contribution in [-0.2, 0) is 6.42 Å². The van der Waals surface area contributed by atoms with Crippen molar-refractivity contribution in [3.8, 4) is 0 Å². The summed E-state index contributed by atoms with van der Waals surface area (Å²) in [4.78, 5) is 16.5. The molecule has 1 saturated heterocycles. The predicted molar refractivity (Wildman–Crippen MR) is 79.2 cm³/mol. The summed E-state index contributed by atoms with van der Waals surface area (Å²) in [6.07, 6.45) is 2.88. The molecule has 1 atom stereocenters. The Balaban J connectivity index is 2.12. The predicted octanol–water partition coefficient (Wildman–Crippen LogP) is 1.55. The molecule has 1 fully saturated rings. The van der Waals surface area contributed by atoms with E-state index in [0.717, 1.165) is 36.5 Å². The summed E-state index contributed by atoms with van der Waals surface area (Å²) in [6.45, 7) is 2.08. The summed E-state index contributed by atoms with van der Waals surface area (Å²) < 4.78 is 0. The van der Waals surface area contributed by atoms with Gasteiger partial charge in [-0.25, -0.2) is 10.8 Å². The van der Waals surface area contributed by atoms with Crippen molar-refractivity contribution in [1.82, 2.24) is 10.3 Å². The molecule has 5 nitrogen and oxygen atoms in total. The maximum atomic E-state index is 12.2. The lowest BCUT2D eigenvalue weighted by molar-refractivity contribution is 0.0941.